The van der Waals surface area contributed by atoms with E-state index in [9.17, 15) is 4.79 Å². The van der Waals surface area contributed by atoms with Crippen molar-refractivity contribution in [1.82, 2.24) is 24.7 Å². The van der Waals surface area contributed by atoms with E-state index in [4.69, 9.17) is 16.3 Å². The number of carbonyl (C=O) groups is 1. The van der Waals surface area contributed by atoms with Crippen LogP contribution in [-0.4, -0.2) is 43.6 Å². The summed E-state index contributed by atoms with van der Waals surface area (Å²) >= 11 is 8.71. The van der Waals surface area contributed by atoms with E-state index < -0.39 is 0 Å². The van der Waals surface area contributed by atoms with Crippen LogP contribution in [-0.2, 0) is 15.3 Å². The summed E-state index contributed by atoms with van der Waals surface area (Å²) in [6.07, 6.45) is 3.38. The van der Waals surface area contributed by atoms with Crippen molar-refractivity contribution in [1.29, 1.82) is 0 Å². The molecule has 0 fully saturated rings. The molecule has 0 bridgehead atoms. The molecule has 2 heterocycles. The molecule has 0 atom stereocenters. The van der Waals surface area contributed by atoms with E-state index in [0.717, 1.165) is 11.5 Å². The zero-order chi connectivity index (χ0) is 18.4. The predicted molar refractivity (Wildman–Crippen MR) is 101 cm³/mol. The maximum Gasteiger partial charge on any atom is 0.316 e. The Morgan fingerprint density at radius 1 is 1.15 bits per heavy atom. The molecule has 0 N–H and O–H groups in total. The summed E-state index contributed by atoms with van der Waals surface area (Å²) in [5, 5.41) is 10.4. The van der Waals surface area contributed by atoms with E-state index in [1.807, 2.05) is 16.7 Å². The number of rotatable bonds is 7. The van der Waals surface area contributed by atoms with Crippen molar-refractivity contribution in [3.05, 3.63) is 53.6 Å². The minimum atomic E-state index is -0.325. The molecule has 26 heavy (non-hydrogen) atoms. The van der Waals surface area contributed by atoms with Gasteiger partial charge in [0.15, 0.2) is 10.3 Å². The highest BCUT2D eigenvalue weighted by molar-refractivity contribution is 7.99. The summed E-state index contributed by atoms with van der Waals surface area (Å²) in [6, 6.07) is 9.11. The highest BCUT2D eigenvalue weighted by Gasteiger charge is 2.16. The molecule has 0 aliphatic carbocycles. The summed E-state index contributed by atoms with van der Waals surface area (Å²) in [5.41, 5.74) is 0.858. The zero-order valence-electron chi connectivity index (χ0n) is 13.7. The Morgan fingerprint density at radius 2 is 1.88 bits per heavy atom. The fraction of sp³-hybridized carbons (Fsp3) is 0.188. The number of esters is 1. The number of benzene rings is 1. The number of thioether (sulfide) groups is 2. The lowest BCUT2D eigenvalue weighted by molar-refractivity contribution is -0.137. The summed E-state index contributed by atoms with van der Waals surface area (Å²) in [6.45, 7) is 0. The molecule has 134 valence electrons. The Kier molecular flexibility index (Phi) is 6.48. The normalized spacial score (nSPS) is 10.7. The van der Waals surface area contributed by atoms with Gasteiger partial charge in [0.1, 0.15) is 5.82 Å². The Hall–Kier alpha value is -2.10. The lowest BCUT2D eigenvalue weighted by atomic mass is 10.3. The van der Waals surface area contributed by atoms with E-state index in [0.29, 0.717) is 21.1 Å². The lowest BCUT2D eigenvalue weighted by Crippen LogP contribution is -2.06. The first-order valence-electron chi connectivity index (χ1n) is 7.47. The molecule has 10 heteroatoms. The Labute approximate surface area is 163 Å². The zero-order valence-corrected chi connectivity index (χ0v) is 16.1. The van der Waals surface area contributed by atoms with Gasteiger partial charge in [0, 0.05) is 23.1 Å². The summed E-state index contributed by atoms with van der Waals surface area (Å²) in [7, 11) is 1.36. The van der Waals surface area contributed by atoms with Crippen LogP contribution in [0.3, 0.4) is 0 Å². The topological polar surface area (TPSA) is 82.8 Å². The molecule has 0 radical (unpaired) electrons. The van der Waals surface area contributed by atoms with Crippen LogP contribution in [0.15, 0.2) is 53.0 Å². The van der Waals surface area contributed by atoms with E-state index in [1.165, 1.54) is 30.6 Å². The molecule has 3 aromatic rings. The molecule has 7 nitrogen and oxygen atoms in total. The highest BCUT2D eigenvalue weighted by Crippen LogP contribution is 2.26. The first-order valence-corrected chi connectivity index (χ1v) is 9.82. The second kappa shape index (κ2) is 9.02. The molecule has 0 amide bonds. The fourth-order valence-corrected chi connectivity index (χ4v) is 3.65. The number of halogens is 1. The average molecular weight is 408 g/mol. The van der Waals surface area contributed by atoms with Crippen molar-refractivity contribution in [2.45, 2.75) is 16.1 Å². The highest BCUT2D eigenvalue weighted by atomic mass is 35.5. The van der Waals surface area contributed by atoms with E-state index in [2.05, 4.69) is 20.2 Å². The molecule has 0 spiro atoms. The number of ether oxygens (including phenoxy) is 1. The second-order valence-corrected chi connectivity index (χ2v) is 7.22. The average Bonchev–Trinajstić information content (AvgIpc) is 3.08. The van der Waals surface area contributed by atoms with Gasteiger partial charge in [0.05, 0.1) is 18.6 Å². The van der Waals surface area contributed by atoms with Gasteiger partial charge in [-0.15, -0.1) is 10.2 Å². The number of aromatic nitrogens is 5. The Morgan fingerprint density at radius 3 is 2.58 bits per heavy atom. The fourth-order valence-electron chi connectivity index (χ4n) is 2.01. The molecule has 0 aliphatic rings. The molecule has 0 aliphatic heterocycles. The van der Waals surface area contributed by atoms with Crippen LogP contribution in [0.25, 0.3) is 5.69 Å². The van der Waals surface area contributed by atoms with Gasteiger partial charge in [-0.3, -0.25) is 9.36 Å². The Bertz CT molecular complexity index is 874. The minimum absolute atomic E-state index is 0.150. The first-order chi connectivity index (χ1) is 12.7. The third-order valence-electron chi connectivity index (χ3n) is 3.20. The van der Waals surface area contributed by atoms with Crippen LogP contribution in [0.5, 0.6) is 0 Å². The van der Waals surface area contributed by atoms with Crippen molar-refractivity contribution in [3.63, 3.8) is 0 Å². The molecular formula is C16H14ClN5O2S2. The second-order valence-electron chi connectivity index (χ2n) is 4.90. The predicted octanol–water partition coefficient (Wildman–Crippen LogP) is 3.27. The number of methoxy groups -OCH3 is 1. The van der Waals surface area contributed by atoms with Crippen molar-refractivity contribution >= 4 is 41.1 Å². The largest absolute Gasteiger partial charge is 0.468 e. The van der Waals surface area contributed by atoms with E-state index >= 15 is 0 Å². The summed E-state index contributed by atoms with van der Waals surface area (Å²) in [5.74, 6) is 1.07. The molecular weight excluding hydrogens is 394 g/mol. The van der Waals surface area contributed by atoms with Gasteiger partial charge in [-0.25, -0.2) is 9.97 Å². The standard InChI is InChI=1S/C16H14ClN5O2S2/c1-24-14(23)10-26-16-21-20-13(9-25-15-18-7-2-8-19-15)22(16)12-5-3-11(17)4-6-12/h2-8H,9-10H2,1H3. The van der Waals surface area contributed by atoms with E-state index in [-0.39, 0.29) is 11.7 Å². The van der Waals surface area contributed by atoms with Crippen LogP contribution in [0.1, 0.15) is 5.82 Å². The van der Waals surface area contributed by atoms with Crippen LogP contribution < -0.4 is 0 Å². The van der Waals surface area contributed by atoms with Crippen LogP contribution in [0.4, 0.5) is 0 Å². The van der Waals surface area contributed by atoms with Crippen molar-refractivity contribution in [2.75, 3.05) is 12.9 Å². The maximum absolute atomic E-state index is 11.5. The molecule has 1 aromatic carbocycles. The minimum Gasteiger partial charge on any atom is -0.468 e. The molecule has 2 aromatic heterocycles. The molecule has 0 unspecified atom stereocenters. The van der Waals surface area contributed by atoms with Crippen molar-refractivity contribution in [2.24, 2.45) is 0 Å². The van der Waals surface area contributed by atoms with Gasteiger partial charge < -0.3 is 4.74 Å². The van der Waals surface area contributed by atoms with Gasteiger partial charge in [0.2, 0.25) is 0 Å². The van der Waals surface area contributed by atoms with Crippen LogP contribution in [0.2, 0.25) is 5.02 Å². The SMILES string of the molecule is COC(=O)CSc1nnc(CSc2ncccn2)n1-c1ccc(Cl)cc1. The van der Waals surface area contributed by atoms with Crippen LogP contribution >= 0.6 is 35.1 Å². The van der Waals surface area contributed by atoms with Crippen LogP contribution in [0, 0.1) is 0 Å². The lowest BCUT2D eigenvalue weighted by Gasteiger charge is -2.10. The monoisotopic (exact) mass is 407 g/mol. The van der Waals surface area contributed by atoms with Gasteiger partial charge in [-0.2, -0.15) is 0 Å². The third-order valence-corrected chi connectivity index (χ3v) is 5.23. The van der Waals surface area contributed by atoms with E-state index in [1.54, 1.807) is 30.6 Å². The number of carbonyl (C=O) groups excluding carboxylic acids is 1. The first kappa shape index (κ1) is 18.7. The molecule has 0 saturated carbocycles. The smallest absolute Gasteiger partial charge is 0.316 e. The maximum atomic E-state index is 11.5. The molecule has 3 rings (SSSR count). The van der Waals surface area contributed by atoms with Crippen molar-refractivity contribution in [3.8, 4) is 5.69 Å². The number of hydrogen-bond acceptors (Lipinski definition) is 8. The van der Waals surface area contributed by atoms with Crippen molar-refractivity contribution < 1.29 is 9.53 Å². The number of nitrogens with zero attached hydrogens (tertiary/aromatic N) is 5. The quantitative estimate of drug-likeness (QED) is 0.335. The number of hydrogen-bond donors (Lipinski definition) is 0. The summed E-state index contributed by atoms with van der Waals surface area (Å²) < 4.78 is 6.58. The van der Waals surface area contributed by atoms with Gasteiger partial charge >= 0.3 is 5.97 Å². The Balaban J connectivity index is 1.86. The van der Waals surface area contributed by atoms with Gasteiger partial charge in [0.25, 0.3) is 0 Å². The van der Waals surface area contributed by atoms with Gasteiger partial charge in [-0.05, 0) is 30.3 Å². The molecule has 0 saturated heterocycles. The van der Waals surface area contributed by atoms with Gasteiger partial charge in [-0.1, -0.05) is 35.1 Å². The third kappa shape index (κ3) is 4.75. The summed E-state index contributed by atoms with van der Waals surface area (Å²) in [4.78, 5) is 19.8.